The van der Waals surface area contributed by atoms with Crippen molar-refractivity contribution in [1.82, 2.24) is 0 Å². The van der Waals surface area contributed by atoms with Crippen molar-refractivity contribution < 1.29 is 19.0 Å². The summed E-state index contributed by atoms with van der Waals surface area (Å²) in [6, 6.07) is 19.2. The summed E-state index contributed by atoms with van der Waals surface area (Å²) < 4.78 is 20.1. The molecule has 0 aliphatic heterocycles. The van der Waals surface area contributed by atoms with Gasteiger partial charge in [-0.15, -0.1) is 0 Å². The monoisotopic (exact) mass is 489 g/mol. The van der Waals surface area contributed by atoms with Gasteiger partial charge in [-0.2, -0.15) is 0 Å². The van der Waals surface area contributed by atoms with E-state index in [0.717, 1.165) is 47.2 Å². The van der Waals surface area contributed by atoms with E-state index in [-0.39, 0.29) is 23.6 Å². The quantitative estimate of drug-likeness (QED) is 0.307. The van der Waals surface area contributed by atoms with E-state index >= 15 is 0 Å². The van der Waals surface area contributed by atoms with Crippen LogP contribution in [0.15, 0.2) is 60.7 Å². The number of benzene rings is 3. The number of rotatable bonds is 10. The summed E-state index contributed by atoms with van der Waals surface area (Å²) in [6.45, 7) is 7.16. The normalized spacial score (nSPS) is 14.4. The van der Waals surface area contributed by atoms with Crippen LogP contribution in [0.1, 0.15) is 62.6 Å². The third kappa shape index (κ3) is 6.66. The molecule has 1 fully saturated rings. The fraction of sp³-hybridized carbons (Fsp3) is 0.387. The first kappa shape index (κ1) is 25.7. The van der Waals surface area contributed by atoms with Gasteiger partial charge in [0.2, 0.25) is 0 Å². The number of carbonyl (C=O) groups is 1. The lowest BCUT2D eigenvalue weighted by Gasteiger charge is -2.22. The number of nitrogens with one attached hydrogen (secondary N) is 1. The van der Waals surface area contributed by atoms with Crippen LogP contribution in [0.5, 0.6) is 5.75 Å². The van der Waals surface area contributed by atoms with Gasteiger partial charge in [0.15, 0.2) is 0 Å². The minimum Gasteiger partial charge on any atom is -0.497 e. The van der Waals surface area contributed by atoms with Crippen molar-refractivity contribution in [2.45, 2.75) is 58.9 Å². The lowest BCUT2D eigenvalue weighted by molar-refractivity contribution is -0.137. The Balaban J connectivity index is 1.57. The molecular weight excluding hydrogens is 453 g/mol. The summed E-state index contributed by atoms with van der Waals surface area (Å²) in [5.41, 5.74) is 5.70. The van der Waals surface area contributed by atoms with Crippen LogP contribution >= 0.6 is 0 Å². The Morgan fingerprint density at radius 1 is 1.08 bits per heavy atom. The number of hydrogen-bond acceptors (Lipinski definition) is 3. The number of anilines is 1. The van der Waals surface area contributed by atoms with Crippen LogP contribution in [0.25, 0.3) is 11.1 Å². The van der Waals surface area contributed by atoms with Crippen molar-refractivity contribution in [1.29, 1.82) is 0 Å². The van der Waals surface area contributed by atoms with E-state index in [0.29, 0.717) is 23.8 Å². The van der Waals surface area contributed by atoms with Gasteiger partial charge in [0.25, 0.3) is 0 Å². The Labute approximate surface area is 213 Å². The van der Waals surface area contributed by atoms with Crippen molar-refractivity contribution in [2.24, 2.45) is 11.3 Å². The fourth-order valence-corrected chi connectivity index (χ4v) is 4.90. The molecule has 0 radical (unpaired) electrons. The second kappa shape index (κ2) is 10.7. The molecule has 1 atom stereocenters. The first-order valence-corrected chi connectivity index (χ1v) is 12.6. The molecule has 1 aliphatic rings. The van der Waals surface area contributed by atoms with Crippen molar-refractivity contribution in [3.8, 4) is 16.9 Å². The van der Waals surface area contributed by atoms with Crippen LogP contribution in [-0.4, -0.2) is 18.2 Å². The molecule has 0 heterocycles. The third-order valence-corrected chi connectivity index (χ3v) is 6.75. The molecule has 36 heavy (non-hydrogen) atoms. The maximum Gasteiger partial charge on any atom is 0.303 e. The van der Waals surface area contributed by atoms with Gasteiger partial charge in [0.05, 0.1) is 13.5 Å². The molecule has 0 amide bonds. The minimum atomic E-state index is -0.741. The fourth-order valence-electron chi connectivity index (χ4n) is 4.90. The lowest BCUT2D eigenvalue weighted by Crippen LogP contribution is -2.11. The summed E-state index contributed by atoms with van der Waals surface area (Å²) in [4.78, 5) is 11.4. The van der Waals surface area contributed by atoms with Gasteiger partial charge >= 0.3 is 5.97 Å². The highest BCUT2D eigenvalue weighted by Gasteiger charge is 2.33. The van der Waals surface area contributed by atoms with Crippen LogP contribution in [0.3, 0.4) is 0 Å². The number of methoxy groups -OCH3 is 1. The Morgan fingerprint density at radius 3 is 2.53 bits per heavy atom. The number of carboxylic acid groups (broad SMARTS) is 1. The Hall–Kier alpha value is -3.34. The van der Waals surface area contributed by atoms with E-state index in [4.69, 9.17) is 4.74 Å². The number of hydrogen-bond donors (Lipinski definition) is 2. The molecule has 0 bridgehead atoms. The molecule has 1 unspecified atom stereocenters. The number of aliphatic carboxylic acids is 1. The summed E-state index contributed by atoms with van der Waals surface area (Å²) in [6.07, 6.45) is 3.19. The van der Waals surface area contributed by atoms with Gasteiger partial charge in [-0.1, -0.05) is 51.1 Å². The van der Waals surface area contributed by atoms with Crippen LogP contribution in [-0.2, 0) is 17.8 Å². The van der Waals surface area contributed by atoms with Gasteiger partial charge in [0.1, 0.15) is 11.6 Å². The molecule has 0 aromatic heterocycles. The summed E-state index contributed by atoms with van der Waals surface area (Å²) in [5, 5.41) is 12.9. The van der Waals surface area contributed by atoms with Crippen LogP contribution in [0, 0.1) is 17.2 Å². The van der Waals surface area contributed by atoms with Crippen molar-refractivity contribution in [3.05, 3.63) is 83.2 Å². The van der Waals surface area contributed by atoms with Crippen LogP contribution < -0.4 is 10.1 Å². The van der Waals surface area contributed by atoms with Crippen LogP contribution in [0.4, 0.5) is 10.1 Å². The molecule has 4 nitrogen and oxygen atoms in total. The minimum absolute atomic E-state index is 0.0268. The Bertz CT molecular complexity index is 1230. The first-order chi connectivity index (χ1) is 17.1. The van der Waals surface area contributed by atoms with Crippen molar-refractivity contribution in [3.63, 3.8) is 0 Å². The standard InChI is InChI=1S/C31H36FNO3/c1-31(2,3)18-23-15-24(10-12-26(23)28-16-25(36-4)11-13-29(28)32)33-19-20-6-5-7-22(14-20)27(17-30(34)35)21-8-9-21/h5-7,10-16,21,27,33H,8-9,17-19H2,1-4H3,(H,34,35). The predicted molar refractivity (Wildman–Crippen MR) is 143 cm³/mol. The maximum atomic E-state index is 14.8. The zero-order valence-electron chi connectivity index (χ0n) is 21.6. The molecule has 4 rings (SSSR count). The zero-order valence-corrected chi connectivity index (χ0v) is 21.6. The molecule has 190 valence electrons. The predicted octanol–water partition coefficient (Wildman–Crippen LogP) is 7.67. The van der Waals surface area contributed by atoms with Crippen molar-refractivity contribution in [2.75, 3.05) is 12.4 Å². The Morgan fingerprint density at radius 2 is 1.86 bits per heavy atom. The molecule has 1 aliphatic carbocycles. The molecular formula is C31H36FNO3. The molecule has 5 heteroatoms. The summed E-state index contributed by atoms with van der Waals surface area (Å²) in [5.74, 6) is 0.179. The lowest BCUT2D eigenvalue weighted by atomic mass is 9.84. The summed E-state index contributed by atoms with van der Waals surface area (Å²) >= 11 is 0. The van der Waals surface area contributed by atoms with E-state index in [1.807, 2.05) is 24.3 Å². The second-order valence-corrected chi connectivity index (χ2v) is 11.1. The Kier molecular flexibility index (Phi) is 7.67. The molecule has 0 spiro atoms. The summed E-state index contributed by atoms with van der Waals surface area (Å²) in [7, 11) is 1.59. The van der Waals surface area contributed by atoms with Gasteiger partial charge in [-0.25, -0.2) is 4.39 Å². The highest BCUT2D eigenvalue weighted by atomic mass is 19.1. The average Bonchev–Trinajstić information content (AvgIpc) is 3.66. The van der Waals surface area contributed by atoms with Gasteiger partial charge in [-0.05, 0) is 89.1 Å². The van der Waals surface area contributed by atoms with E-state index in [1.165, 1.54) is 6.07 Å². The first-order valence-electron chi connectivity index (χ1n) is 12.6. The van der Waals surface area contributed by atoms with Gasteiger partial charge < -0.3 is 15.2 Å². The van der Waals surface area contributed by atoms with E-state index in [9.17, 15) is 14.3 Å². The van der Waals surface area contributed by atoms with Crippen LogP contribution in [0.2, 0.25) is 0 Å². The smallest absolute Gasteiger partial charge is 0.303 e. The average molecular weight is 490 g/mol. The molecule has 0 saturated heterocycles. The molecule has 1 saturated carbocycles. The maximum absolute atomic E-state index is 14.8. The molecule has 3 aromatic carbocycles. The highest BCUT2D eigenvalue weighted by Crippen LogP contribution is 2.44. The molecule has 3 aromatic rings. The van der Waals surface area contributed by atoms with Gasteiger partial charge in [0, 0.05) is 17.8 Å². The number of halogens is 1. The van der Waals surface area contributed by atoms with E-state index in [2.05, 4.69) is 44.3 Å². The number of carboxylic acids is 1. The zero-order chi connectivity index (χ0) is 25.9. The SMILES string of the molecule is COc1ccc(F)c(-c2ccc(NCc3cccc(C(CC(=O)O)C4CC4)c3)cc2CC(C)(C)C)c1. The highest BCUT2D eigenvalue weighted by molar-refractivity contribution is 5.72. The van der Waals surface area contributed by atoms with Gasteiger partial charge in [-0.3, -0.25) is 4.79 Å². The number of ether oxygens (including phenoxy) is 1. The van der Waals surface area contributed by atoms with Crippen molar-refractivity contribution >= 4 is 11.7 Å². The second-order valence-electron chi connectivity index (χ2n) is 11.1. The topological polar surface area (TPSA) is 58.6 Å². The largest absolute Gasteiger partial charge is 0.497 e. The van der Waals surface area contributed by atoms with E-state index < -0.39 is 5.97 Å². The molecule has 2 N–H and O–H groups in total. The third-order valence-electron chi connectivity index (χ3n) is 6.75. The van der Waals surface area contributed by atoms with E-state index in [1.54, 1.807) is 19.2 Å².